The van der Waals surface area contributed by atoms with Crippen LogP contribution in [0, 0.1) is 52.9 Å². The van der Waals surface area contributed by atoms with Gasteiger partial charge in [-0.1, -0.05) is 133 Å². The zero-order valence-corrected chi connectivity index (χ0v) is 72.0. The normalized spacial score (nSPS) is 17.8. The van der Waals surface area contributed by atoms with E-state index in [4.69, 9.17) is 5.10 Å². The van der Waals surface area contributed by atoms with E-state index in [1.54, 1.807) is 58.3 Å². The van der Waals surface area contributed by atoms with Crippen molar-refractivity contribution in [2.24, 2.45) is 18.9 Å². The predicted molar refractivity (Wildman–Crippen MR) is 471 cm³/mol. The maximum atomic E-state index is 12.9. The summed E-state index contributed by atoms with van der Waals surface area (Å²) >= 11 is 5.54. The van der Waals surface area contributed by atoms with E-state index in [0.29, 0.717) is 43.7 Å². The molecule has 0 saturated heterocycles. The van der Waals surface area contributed by atoms with Crippen LogP contribution in [0.1, 0.15) is 184 Å². The average molecular weight is 1800 g/mol. The second kappa shape index (κ2) is 34.7. The van der Waals surface area contributed by atoms with Gasteiger partial charge in [0.1, 0.15) is 12.1 Å². The van der Waals surface area contributed by atoms with Crippen molar-refractivity contribution in [3.63, 3.8) is 0 Å². The summed E-state index contributed by atoms with van der Waals surface area (Å²) in [5.74, 6) is 9.95. The molecule has 19 rings (SSSR count). The molecule has 4 amide bonds. The van der Waals surface area contributed by atoms with Gasteiger partial charge in [-0.15, -0.1) is 22.7 Å². The summed E-state index contributed by atoms with van der Waals surface area (Å²) in [6.45, 7) is 9.39. The van der Waals surface area contributed by atoms with E-state index in [9.17, 15) is 58.8 Å². The summed E-state index contributed by atoms with van der Waals surface area (Å²) in [5.41, 5.74) is 5.80. The highest BCUT2D eigenvalue weighted by molar-refractivity contribution is 14.1. The molecule has 29 nitrogen and oxygen atoms in total. The zero-order chi connectivity index (χ0) is 86.5. The van der Waals surface area contributed by atoms with Crippen molar-refractivity contribution in [1.82, 2.24) is 82.8 Å². The maximum Gasteiger partial charge on any atom is 0.276 e. The molecule has 4 N–H and O–H groups in total. The Morgan fingerprint density at radius 2 is 0.870 bits per heavy atom. The van der Waals surface area contributed by atoms with Gasteiger partial charge in [0.05, 0.1) is 69.7 Å². The highest BCUT2D eigenvalue weighted by Crippen LogP contribution is 2.46. The van der Waals surface area contributed by atoms with Crippen molar-refractivity contribution in [2.75, 3.05) is 47.3 Å². The molecule has 9 aromatic heterocycles. The lowest BCUT2D eigenvalue weighted by Crippen LogP contribution is -2.49. The number of aromatic nitrogens is 13. The molecule has 4 aromatic carbocycles. The van der Waals surface area contributed by atoms with Gasteiger partial charge in [-0.3, -0.25) is 57.1 Å². The van der Waals surface area contributed by atoms with E-state index in [-0.39, 0.29) is 70.7 Å². The standard InChI is InChI=1S/C28H25N5O3.C25H24N4O3.C19H18IN5O3.C19H19N3O3S2/c1-31-17-23(33-26(28(31)36)27(35)24(34)15-29-33)25(20-5-3-2-4-6-20)32-16-21(13-11-18-7-8-18)22(30-32)14-12-19-9-10-19;1-15-9-10-17-18(13-27(2)19(17)11-15)22(16-7-5-4-6-8-16)20-14-28(3)25(32)23-24(31)21(30)12-26-29(20)23;1-11-13(20)9-24(22-11)16(12-6-4-3-5-7-12)14-10-23(2)19(28)17-18(27)15(26)8-21-25(14)17;1-11(2)21-10-12(22-17(19(21)25)18(24)13(23)9-20-22)16(14-5-3-7-26-14)15-6-4-8-27-15/h2-6,15-16,18-19,23,25,35H,7-10,17H2,1H3;4-13,20,22,31H,14H2,1-3H3;3-9,14,16,27H,10H2,1-2H3;3-9,11-12,16,24H,10H2,1-2H3. The Bertz CT molecular complexity index is 6530. The van der Waals surface area contributed by atoms with Crippen molar-refractivity contribution in [1.29, 1.82) is 0 Å². The maximum absolute atomic E-state index is 12.9. The van der Waals surface area contributed by atoms with E-state index >= 15 is 0 Å². The number of carbonyl (C=O) groups excluding carboxylic acids is 4. The average Bonchev–Trinajstić information content (AvgIpc) is 1.64. The first-order valence-corrected chi connectivity index (χ1v) is 43.0. The molecule has 13 aromatic rings. The Balaban J connectivity index is 0.000000122. The highest BCUT2D eigenvalue weighted by Gasteiger charge is 2.45. The lowest BCUT2D eigenvalue weighted by atomic mass is 9.83. The highest BCUT2D eigenvalue weighted by atomic mass is 127. The van der Waals surface area contributed by atoms with Crippen molar-refractivity contribution in [3.05, 3.63) is 309 Å². The first-order valence-electron chi connectivity index (χ1n) is 40.1. The first-order chi connectivity index (χ1) is 59.2. The lowest BCUT2D eigenvalue weighted by molar-refractivity contribution is 0.0570. The van der Waals surface area contributed by atoms with Gasteiger partial charge in [-0.2, -0.15) is 30.6 Å². The summed E-state index contributed by atoms with van der Waals surface area (Å²) in [6, 6.07) is 42.2. The molecule has 123 heavy (non-hydrogen) atoms. The molecule has 626 valence electrons. The number of carbonyl (C=O) groups is 4. The largest absolute Gasteiger partial charge is 0.502 e. The third kappa shape index (κ3) is 16.5. The zero-order valence-electron chi connectivity index (χ0n) is 68.3. The van der Waals surface area contributed by atoms with Crippen LogP contribution >= 0.6 is 45.3 Å². The van der Waals surface area contributed by atoms with Crippen molar-refractivity contribution in [2.45, 2.75) is 108 Å². The van der Waals surface area contributed by atoms with Gasteiger partial charge >= 0.3 is 0 Å². The van der Waals surface area contributed by atoms with Gasteiger partial charge in [0.15, 0.2) is 51.5 Å². The minimum absolute atomic E-state index is 0.0208. The Kier molecular flexibility index (Phi) is 23.5. The molecule has 7 atom stereocenters. The van der Waals surface area contributed by atoms with Crippen LogP contribution in [0.4, 0.5) is 0 Å². The van der Waals surface area contributed by atoms with Crippen molar-refractivity contribution in [3.8, 4) is 46.7 Å². The van der Waals surface area contributed by atoms with Crippen LogP contribution < -0.4 is 21.7 Å². The number of likely N-dealkylation sites (N-methyl/N-ethyl adjacent to an activating group) is 3. The van der Waals surface area contributed by atoms with Crippen LogP contribution in [-0.2, 0) is 7.05 Å². The van der Waals surface area contributed by atoms with Crippen LogP contribution in [0.15, 0.2) is 207 Å². The summed E-state index contributed by atoms with van der Waals surface area (Å²) < 4.78 is 12.8. The second-order valence-corrected chi connectivity index (χ2v) is 34.9. The molecule has 0 spiro atoms. The smallest absolute Gasteiger partial charge is 0.276 e. The van der Waals surface area contributed by atoms with Gasteiger partial charge in [0, 0.05) is 117 Å². The fourth-order valence-corrected chi connectivity index (χ4v) is 18.7. The summed E-state index contributed by atoms with van der Waals surface area (Å²) in [4.78, 5) is 108. The molecule has 2 aliphatic carbocycles. The number of nitrogens with zero attached hydrogens (tertiary/aromatic N) is 17. The number of aromatic hydroxyl groups is 4. The van der Waals surface area contributed by atoms with E-state index in [1.807, 2.05) is 151 Å². The Morgan fingerprint density at radius 3 is 1.29 bits per heavy atom. The topological polar surface area (TPSA) is 342 Å². The summed E-state index contributed by atoms with van der Waals surface area (Å²) in [7, 11) is 7.01. The molecule has 0 bridgehead atoms. The van der Waals surface area contributed by atoms with E-state index < -0.39 is 74.5 Å². The molecule has 2 fully saturated rings. The number of halogens is 1. The van der Waals surface area contributed by atoms with Crippen molar-refractivity contribution >= 4 is 79.8 Å². The molecular formula is C91H86IN17O12S2. The fourth-order valence-electron chi connectivity index (χ4n) is 16.4. The van der Waals surface area contributed by atoms with E-state index in [0.717, 1.165) is 108 Å². The molecule has 2 saturated carbocycles. The number of hydrogen-bond donors (Lipinski definition) is 4. The monoisotopic (exact) mass is 1800 g/mol. The molecule has 32 heteroatoms. The number of hydrogen-bond acceptors (Lipinski definition) is 20. The quantitative estimate of drug-likeness (QED) is 0.0615. The number of amides is 4. The van der Waals surface area contributed by atoms with Gasteiger partial charge in [0.2, 0.25) is 21.7 Å². The molecule has 4 aliphatic heterocycles. The number of thiophene rings is 2. The predicted octanol–water partition coefficient (Wildman–Crippen LogP) is 11.1. The van der Waals surface area contributed by atoms with Crippen LogP contribution in [0.3, 0.4) is 0 Å². The first kappa shape index (κ1) is 83.3. The van der Waals surface area contributed by atoms with Gasteiger partial charge < -0.3 is 44.6 Å². The number of benzene rings is 4. The molecule has 0 radical (unpaired) electrons. The Morgan fingerprint density at radius 1 is 0.455 bits per heavy atom. The third-order valence-electron chi connectivity index (χ3n) is 23.0. The number of aryl methyl sites for hydroxylation is 3. The van der Waals surface area contributed by atoms with E-state index in [1.165, 1.54) is 29.4 Å². The second-order valence-electron chi connectivity index (χ2n) is 31.8. The summed E-state index contributed by atoms with van der Waals surface area (Å²) in [5, 5.41) is 73.4. The molecule has 6 aliphatic rings. The fraction of sp³-hybridized carbons (Fsp3) is 0.297. The van der Waals surface area contributed by atoms with Gasteiger partial charge in [0.25, 0.3) is 23.6 Å². The summed E-state index contributed by atoms with van der Waals surface area (Å²) in [6.07, 6.45) is 14.8. The molecular weight excluding hydrogens is 1710 g/mol. The number of rotatable bonds is 13. The van der Waals surface area contributed by atoms with Crippen LogP contribution in [0.2, 0.25) is 0 Å². The van der Waals surface area contributed by atoms with Gasteiger partial charge in [-0.05, 0) is 139 Å². The minimum Gasteiger partial charge on any atom is -0.502 e. The lowest BCUT2D eigenvalue weighted by Gasteiger charge is -2.40. The SMILES string of the molecule is CC(C)N1CC(C(c2cccs2)c2cccs2)n2ncc(=O)c(O)c2C1=O.CN1CC(C(c2ccccc2)n2cc(C#CC3CC3)c(C#CC3CC3)n2)n2ncc(=O)c(O)c2C1=O.Cc1ccc2c(C(c3ccccc3)C3CN(C)C(=O)c4c(O)c(=O)cnn43)cn(C)c2c1.Cc1nn(C(c2ccccc2)C2CN(C)C(=O)c3c(O)c(=O)cnn32)cc1I. The van der Waals surface area contributed by atoms with Crippen molar-refractivity contribution < 1.29 is 39.6 Å². The Labute approximate surface area is 727 Å². The van der Waals surface area contributed by atoms with Crippen LogP contribution in [0.25, 0.3) is 10.9 Å². The third-order valence-corrected chi connectivity index (χ3v) is 25.9. The minimum atomic E-state index is -0.686. The number of fused-ring (bicyclic) bond motifs is 5. The Hall–Kier alpha value is -13.3. The van der Waals surface area contributed by atoms with E-state index in [2.05, 4.69) is 132 Å². The van der Waals surface area contributed by atoms with Crippen LogP contribution in [-0.4, -0.2) is 180 Å². The van der Waals surface area contributed by atoms with Gasteiger partial charge in [-0.25, -0.2) is 9.36 Å². The van der Waals surface area contributed by atoms with Crippen LogP contribution in [0.5, 0.6) is 23.0 Å². The molecule has 7 unspecified atom stereocenters. The molecule has 13 heterocycles.